The fourth-order valence-electron chi connectivity index (χ4n) is 0.521. The van der Waals surface area contributed by atoms with Gasteiger partial charge in [-0.3, -0.25) is 0 Å². The fraction of sp³-hybridized carbons (Fsp3) is 1.00. The van der Waals surface area contributed by atoms with Crippen molar-refractivity contribution in [2.75, 3.05) is 27.3 Å². The average molecular weight is 145 g/mol. The van der Waals surface area contributed by atoms with Gasteiger partial charge < -0.3 is 9.64 Å². The van der Waals surface area contributed by atoms with Crippen molar-refractivity contribution in [3.8, 4) is 0 Å². The van der Waals surface area contributed by atoms with E-state index in [1.54, 1.807) is 0 Å². The average Bonchev–Trinajstić information content (AvgIpc) is 1.59. The Balaban J connectivity index is 0.000000236. The van der Waals surface area contributed by atoms with E-state index in [4.69, 9.17) is 4.74 Å². The highest BCUT2D eigenvalue weighted by Crippen LogP contribution is 2.04. The van der Waals surface area contributed by atoms with Crippen LogP contribution in [0.4, 0.5) is 0 Å². The molecule has 0 N–H and O–H groups in total. The zero-order valence-corrected chi connectivity index (χ0v) is 7.55. The summed E-state index contributed by atoms with van der Waals surface area (Å²) in [5.74, 6) is 0. The lowest BCUT2D eigenvalue weighted by Crippen LogP contribution is -2.44. The predicted molar refractivity (Wildman–Crippen MR) is 44.3 cm³/mol. The minimum absolute atomic E-state index is 0.694. The number of hydrogen-bond donors (Lipinski definition) is 0. The summed E-state index contributed by atoms with van der Waals surface area (Å²) in [4.78, 5) is 2.18. The van der Waals surface area contributed by atoms with Crippen molar-refractivity contribution in [3.63, 3.8) is 0 Å². The molecular formula is C8H19NO. The maximum Gasteiger partial charge on any atom is 0.0644 e. The lowest BCUT2D eigenvalue weighted by molar-refractivity contribution is -0.0477. The quantitative estimate of drug-likeness (QED) is 0.552. The molecule has 1 rings (SSSR count). The molecule has 0 aromatic rings. The van der Waals surface area contributed by atoms with Crippen LogP contribution in [0.5, 0.6) is 0 Å². The van der Waals surface area contributed by atoms with E-state index in [2.05, 4.69) is 32.8 Å². The molecule has 0 aromatic carbocycles. The van der Waals surface area contributed by atoms with E-state index < -0.39 is 0 Å². The van der Waals surface area contributed by atoms with Crippen molar-refractivity contribution in [1.29, 1.82) is 0 Å². The van der Waals surface area contributed by atoms with E-state index in [0.717, 1.165) is 13.2 Å². The fourth-order valence-corrected chi connectivity index (χ4v) is 0.521. The van der Waals surface area contributed by atoms with Gasteiger partial charge in [-0.2, -0.15) is 0 Å². The molecule has 1 aliphatic rings. The van der Waals surface area contributed by atoms with Gasteiger partial charge in [-0.05, 0) is 14.1 Å². The number of nitrogens with zero attached hydrogens (tertiary/aromatic N) is 1. The van der Waals surface area contributed by atoms with Crippen molar-refractivity contribution < 1.29 is 4.74 Å². The number of likely N-dealkylation sites (N-methyl/N-ethyl adjacent to an activating group) is 1. The van der Waals surface area contributed by atoms with Crippen molar-refractivity contribution >= 4 is 0 Å². The second kappa shape index (κ2) is 5.69. The molecule has 2 heteroatoms. The molecule has 1 fully saturated rings. The van der Waals surface area contributed by atoms with Crippen LogP contribution >= 0.6 is 0 Å². The van der Waals surface area contributed by atoms with Crippen molar-refractivity contribution in [3.05, 3.63) is 0 Å². The second-order valence-corrected chi connectivity index (χ2v) is 2.86. The summed E-state index contributed by atoms with van der Waals surface area (Å²) in [5.41, 5.74) is 0. The van der Waals surface area contributed by atoms with E-state index in [-0.39, 0.29) is 0 Å². The summed E-state index contributed by atoms with van der Waals surface area (Å²) in [5, 5.41) is 0. The molecule has 0 saturated carbocycles. The van der Waals surface area contributed by atoms with Crippen molar-refractivity contribution in [1.82, 2.24) is 4.90 Å². The lowest BCUT2D eigenvalue weighted by Gasteiger charge is -2.31. The first-order valence-electron chi connectivity index (χ1n) is 3.96. The van der Waals surface area contributed by atoms with Gasteiger partial charge in [-0.25, -0.2) is 0 Å². The zero-order chi connectivity index (χ0) is 7.98. The molecular weight excluding hydrogens is 126 g/mol. The van der Waals surface area contributed by atoms with Gasteiger partial charge in [-0.15, -0.1) is 0 Å². The molecule has 0 spiro atoms. The van der Waals surface area contributed by atoms with Gasteiger partial charge in [0.25, 0.3) is 0 Å². The van der Waals surface area contributed by atoms with Gasteiger partial charge in [-0.1, -0.05) is 20.3 Å². The molecule has 2 nitrogen and oxygen atoms in total. The molecule has 1 saturated heterocycles. The van der Waals surface area contributed by atoms with E-state index in [9.17, 15) is 0 Å². The SMILES string of the molecule is CCC.CN(C)C1COC1. The number of ether oxygens (including phenoxy) is 1. The molecule has 0 aliphatic carbocycles. The summed E-state index contributed by atoms with van der Waals surface area (Å²) in [6.07, 6.45) is 1.25. The summed E-state index contributed by atoms with van der Waals surface area (Å²) in [7, 11) is 4.15. The van der Waals surface area contributed by atoms with Crippen molar-refractivity contribution in [2.24, 2.45) is 0 Å². The Morgan fingerprint density at radius 3 is 1.70 bits per heavy atom. The van der Waals surface area contributed by atoms with E-state index in [0.29, 0.717) is 6.04 Å². The van der Waals surface area contributed by atoms with Crippen molar-refractivity contribution in [2.45, 2.75) is 26.3 Å². The van der Waals surface area contributed by atoms with Gasteiger partial charge in [0.15, 0.2) is 0 Å². The minimum Gasteiger partial charge on any atom is -0.378 e. The second-order valence-electron chi connectivity index (χ2n) is 2.86. The highest BCUT2D eigenvalue weighted by molar-refractivity contribution is 4.71. The zero-order valence-electron chi connectivity index (χ0n) is 7.55. The first kappa shape index (κ1) is 9.92. The molecule has 1 aliphatic heterocycles. The predicted octanol–water partition coefficient (Wildman–Crippen LogP) is 1.36. The minimum atomic E-state index is 0.694. The summed E-state index contributed by atoms with van der Waals surface area (Å²) < 4.78 is 4.95. The first-order valence-corrected chi connectivity index (χ1v) is 3.96. The van der Waals surface area contributed by atoms with Gasteiger partial charge in [0.1, 0.15) is 0 Å². The molecule has 0 radical (unpaired) electrons. The number of rotatable bonds is 1. The maximum atomic E-state index is 4.95. The van der Waals surface area contributed by atoms with E-state index >= 15 is 0 Å². The van der Waals surface area contributed by atoms with Crippen LogP contribution in [0.25, 0.3) is 0 Å². The standard InChI is InChI=1S/C5H11NO.C3H8/c1-6(2)5-3-7-4-5;1-3-2/h5H,3-4H2,1-2H3;3H2,1-2H3. The summed E-state index contributed by atoms with van der Waals surface area (Å²) >= 11 is 0. The third-order valence-electron chi connectivity index (χ3n) is 1.35. The van der Waals surface area contributed by atoms with Gasteiger partial charge >= 0.3 is 0 Å². The third kappa shape index (κ3) is 3.85. The molecule has 62 valence electrons. The molecule has 0 bridgehead atoms. The van der Waals surface area contributed by atoms with E-state index in [1.807, 2.05) is 0 Å². The van der Waals surface area contributed by atoms with Crippen LogP contribution in [0.2, 0.25) is 0 Å². The van der Waals surface area contributed by atoms with Crippen LogP contribution < -0.4 is 0 Å². The Morgan fingerprint density at radius 1 is 1.30 bits per heavy atom. The third-order valence-corrected chi connectivity index (χ3v) is 1.35. The monoisotopic (exact) mass is 145 g/mol. The Bertz CT molecular complexity index is 69.7. The summed E-state index contributed by atoms with van der Waals surface area (Å²) in [6.45, 7) is 6.10. The van der Waals surface area contributed by atoms with Crippen LogP contribution in [-0.4, -0.2) is 38.3 Å². The van der Waals surface area contributed by atoms with Gasteiger partial charge in [0.2, 0.25) is 0 Å². The van der Waals surface area contributed by atoms with Crippen LogP contribution in [0.3, 0.4) is 0 Å². The molecule has 0 amide bonds. The largest absolute Gasteiger partial charge is 0.378 e. The topological polar surface area (TPSA) is 12.5 Å². The van der Waals surface area contributed by atoms with Crippen LogP contribution in [0, 0.1) is 0 Å². The Labute approximate surface area is 64.2 Å². The molecule has 0 aromatic heterocycles. The van der Waals surface area contributed by atoms with Crippen LogP contribution in [0.15, 0.2) is 0 Å². The Morgan fingerprint density at radius 2 is 1.70 bits per heavy atom. The number of hydrogen-bond acceptors (Lipinski definition) is 2. The highest BCUT2D eigenvalue weighted by Gasteiger charge is 2.19. The molecule has 0 unspecified atom stereocenters. The highest BCUT2D eigenvalue weighted by atomic mass is 16.5. The normalized spacial score (nSPS) is 17.7. The molecule has 10 heavy (non-hydrogen) atoms. The Kier molecular flexibility index (Phi) is 5.64. The molecule has 0 atom stereocenters. The van der Waals surface area contributed by atoms with Gasteiger partial charge in [0, 0.05) is 0 Å². The molecule has 1 heterocycles. The first-order chi connectivity index (χ1) is 4.72. The van der Waals surface area contributed by atoms with Crippen LogP contribution in [-0.2, 0) is 4.74 Å². The lowest BCUT2D eigenvalue weighted by atomic mass is 10.2. The van der Waals surface area contributed by atoms with E-state index in [1.165, 1.54) is 6.42 Å². The van der Waals surface area contributed by atoms with Gasteiger partial charge in [0.05, 0.1) is 19.3 Å². The Hall–Kier alpha value is -0.0800. The summed E-state index contributed by atoms with van der Waals surface area (Å²) in [6, 6.07) is 0.694. The smallest absolute Gasteiger partial charge is 0.0644 e. The maximum absolute atomic E-state index is 4.95. The van der Waals surface area contributed by atoms with Crippen LogP contribution in [0.1, 0.15) is 20.3 Å².